The second kappa shape index (κ2) is 5.70. The summed E-state index contributed by atoms with van der Waals surface area (Å²) in [6, 6.07) is 7.95. The van der Waals surface area contributed by atoms with Gasteiger partial charge in [-0.15, -0.1) is 0 Å². The fraction of sp³-hybridized carbons (Fsp3) is 0.250. The number of rotatable bonds is 2. The van der Waals surface area contributed by atoms with E-state index in [4.69, 9.17) is 0 Å². The Morgan fingerprint density at radius 2 is 2.14 bits per heavy atom. The minimum atomic E-state index is -0.693. The summed E-state index contributed by atoms with van der Waals surface area (Å²) in [5.74, 6) is -0.714. The average Bonchev–Trinajstić information content (AvgIpc) is 2.91. The summed E-state index contributed by atoms with van der Waals surface area (Å²) < 4.78 is 27.5. The van der Waals surface area contributed by atoms with Crippen LogP contribution in [0.5, 0.6) is 0 Å². The minimum Gasteiger partial charge on any atom is -0.391 e. The third-order valence-corrected chi connectivity index (χ3v) is 3.78. The van der Waals surface area contributed by atoms with Crippen molar-refractivity contribution in [2.45, 2.75) is 18.6 Å². The topological polar surface area (TPSA) is 60.2 Å². The molecular formula is C16H13F2N3O. The number of aromatic nitrogens is 1. The zero-order valence-corrected chi connectivity index (χ0v) is 11.6. The normalized spacial score (nSPS) is 20.9. The third kappa shape index (κ3) is 2.51. The third-order valence-electron chi connectivity index (χ3n) is 3.78. The van der Waals surface area contributed by atoms with E-state index in [9.17, 15) is 19.1 Å². The molecule has 3 rings (SSSR count). The van der Waals surface area contributed by atoms with Gasteiger partial charge >= 0.3 is 0 Å². The number of aliphatic hydroxyl groups is 1. The van der Waals surface area contributed by atoms with E-state index < -0.39 is 23.8 Å². The molecule has 2 aromatic rings. The molecule has 0 spiro atoms. The fourth-order valence-corrected chi connectivity index (χ4v) is 2.83. The molecule has 0 unspecified atom stereocenters. The SMILES string of the molecule is N#Cc1cccnc1N1C[C@H](O)C[C@@H]1c1cc(F)ccc1F. The smallest absolute Gasteiger partial charge is 0.147 e. The summed E-state index contributed by atoms with van der Waals surface area (Å²) >= 11 is 0. The molecule has 1 saturated heterocycles. The van der Waals surface area contributed by atoms with E-state index in [0.29, 0.717) is 11.4 Å². The van der Waals surface area contributed by atoms with Crippen molar-refractivity contribution in [3.63, 3.8) is 0 Å². The zero-order valence-electron chi connectivity index (χ0n) is 11.6. The van der Waals surface area contributed by atoms with Crippen LogP contribution in [0.1, 0.15) is 23.6 Å². The first-order valence-corrected chi connectivity index (χ1v) is 6.85. The Balaban J connectivity index is 2.07. The molecule has 1 N–H and O–H groups in total. The Kier molecular flexibility index (Phi) is 3.73. The van der Waals surface area contributed by atoms with Gasteiger partial charge in [0.15, 0.2) is 0 Å². The van der Waals surface area contributed by atoms with Gasteiger partial charge in [-0.2, -0.15) is 5.26 Å². The molecule has 2 atom stereocenters. The largest absolute Gasteiger partial charge is 0.391 e. The van der Waals surface area contributed by atoms with Crippen molar-refractivity contribution >= 4 is 5.82 Å². The molecule has 0 saturated carbocycles. The highest BCUT2D eigenvalue weighted by molar-refractivity contribution is 5.56. The summed E-state index contributed by atoms with van der Waals surface area (Å²) in [6.07, 6.45) is 1.09. The summed E-state index contributed by atoms with van der Waals surface area (Å²) in [6.45, 7) is 0.215. The lowest BCUT2D eigenvalue weighted by molar-refractivity contribution is 0.194. The van der Waals surface area contributed by atoms with E-state index in [1.165, 1.54) is 6.20 Å². The standard InChI is InChI=1S/C16H13F2N3O/c17-11-3-4-14(18)13(6-11)15-7-12(22)9-21(15)16-10(8-19)2-1-5-20-16/h1-6,12,15,22H,7,9H2/t12-,15-/m1/s1. The van der Waals surface area contributed by atoms with E-state index in [-0.39, 0.29) is 18.5 Å². The van der Waals surface area contributed by atoms with Crippen molar-refractivity contribution in [2.24, 2.45) is 0 Å². The van der Waals surface area contributed by atoms with E-state index in [1.807, 2.05) is 6.07 Å². The molecule has 0 bridgehead atoms. The number of anilines is 1. The summed E-state index contributed by atoms with van der Waals surface area (Å²) in [7, 11) is 0. The van der Waals surface area contributed by atoms with E-state index in [0.717, 1.165) is 18.2 Å². The van der Waals surface area contributed by atoms with Gasteiger partial charge in [-0.3, -0.25) is 0 Å². The van der Waals surface area contributed by atoms with Gasteiger partial charge in [-0.25, -0.2) is 13.8 Å². The maximum atomic E-state index is 14.1. The Bertz CT molecular complexity index is 744. The molecule has 22 heavy (non-hydrogen) atoms. The lowest BCUT2D eigenvalue weighted by atomic mass is 10.0. The molecule has 4 nitrogen and oxygen atoms in total. The number of aliphatic hydroxyl groups excluding tert-OH is 1. The number of pyridine rings is 1. The molecule has 2 heterocycles. The van der Waals surface area contributed by atoms with Crippen LogP contribution in [0.15, 0.2) is 36.5 Å². The molecule has 112 valence electrons. The van der Waals surface area contributed by atoms with E-state index in [1.54, 1.807) is 17.0 Å². The Hall–Kier alpha value is -2.52. The van der Waals surface area contributed by atoms with Gasteiger partial charge < -0.3 is 10.0 Å². The second-order valence-corrected chi connectivity index (χ2v) is 5.21. The highest BCUT2D eigenvalue weighted by Gasteiger charge is 2.35. The summed E-state index contributed by atoms with van der Waals surface area (Å²) in [5.41, 5.74) is 0.490. The number of nitriles is 1. The number of nitrogens with zero attached hydrogens (tertiary/aromatic N) is 3. The number of hydrogen-bond acceptors (Lipinski definition) is 4. The number of benzene rings is 1. The van der Waals surface area contributed by atoms with Crippen molar-refractivity contribution in [1.82, 2.24) is 4.98 Å². The Labute approximate surface area is 126 Å². The van der Waals surface area contributed by atoms with Crippen molar-refractivity contribution < 1.29 is 13.9 Å². The first kappa shape index (κ1) is 14.4. The number of halogens is 2. The monoisotopic (exact) mass is 301 g/mol. The van der Waals surface area contributed by atoms with Crippen LogP contribution in [0.25, 0.3) is 0 Å². The predicted octanol–water partition coefficient (Wildman–Crippen LogP) is 2.54. The molecule has 1 fully saturated rings. The number of hydrogen-bond donors (Lipinski definition) is 1. The van der Waals surface area contributed by atoms with Crippen molar-refractivity contribution in [1.29, 1.82) is 5.26 Å². The van der Waals surface area contributed by atoms with Gasteiger partial charge in [0.1, 0.15) is 23.5 Å². The molecule has 1 aromatic carbocycles. The van der Waals surface area contributed by atoms with Crippen LogP contribution in [-0.2, 0) is 0 Å². The van der Waals surface area contributed by atoms with Crippen molar-refractivity contribution in [3.8, 4) is 6.07 Å². The molecule has 1 aliphatic rings. The molecule has 0 aliphatic carbocycles. The quantitative estimate of drug-likeness (QED) is 0.926. The zero-order chi connectivity index (χ0) is 15.7. The van der Waals surface area contributed by atoms with Crippen LogP contribution in [0.3, 0.4) is 0 Å². The van der Waals surface area contributed by atoms with Gasteiger partial charge in [0, 0.05) is 18.3 Å². The first-order valence-electron chi connectivity index (χ1n) is 6.85. The van der Waals surface area contributed by atoms with E-state index in [2.05, 4.69) is 4.98 Å². The van der Waals surface area contributed by atoms with Gasteiger partial charge in [-0.05, 0) is 36.8 Å². The molecule has 1 aromatic heterocycles. The van der Waals surface area contributed by atoms with Crippen LogP contribution < -0.4 is 4.90 Å². The van der Waals surface area contributed by atoms with Gasteiger partial charge in [0.05, 0.1) is 17.7 Å². The average molecular weight is 301 g/mol. The predicted molar refractivity (Wildman–Crippen MR) is 76.0 cm³/mol. The van der Waals surface area contributed by atoms with E-state index >= 15 is 0 Å². The summed E-state index contributed by atoms with van der Waals surface area (Å²) in [5, 5.41) is 19.1. The van der Waals surface area contributed by atoms with Crippen LogP contribution in [0, 0.1) is 23.0 Å². The lowest BCUT2D eigenvalue weighted by Gasteiger charge is -2.26. The molecular weight excluding hydrogens is 288 g/mol. The van der Waals surface area contributed by atoms with Gasteiger partial charge in [0.25, 0.3) is 0 Å². The highest BCUT2D eigenvalue weighted by Crippen LogP contribution is 2.37. The molecule has 6 heteroatoms. The fourth-order valence-electron chi connectivity index (χ4n) is 2.83. The Morgan fingerprint density at radius 1 is 1.32 bits per heavy atom. The summed E-state index contributed by atoms with van der Waals surface area (Å²) in [4.78, 5) is 5.82. The van der Waals surface area contributed by atoms with Crippen molar-refractivity contribution in [2.75, 3.05) is 11.4 Å². The first-order chi connectivity index (χ1) is 10.6. The maximum absolute atomic E-state index is 14.1. The van der Waals surface area contributed by atoms with Crippen LogP contribution in [0.2, 0.25) is 0 Å². The van der Waals surface area contributed by atoms with Crippen LogP contribution in [-0.4, -0.2) is 22.7 Å². The molecule has 0 amide bonds. The highest BCUT2D eigenvalue weighted by atomic mass is 19.1. The minimum absolute atomic E-state index is 0.158. The molecule has 0 radical (unpaired) electrons. The van der Waals surface area contributed by atoms with Crippen molar-refractivity contribution in [3.05, 3.63) is 59.3 Å². The van der Waals surface area contributed by atoms with Crippen LogP contribution >= 0.6 is 0 Å². The number of β-amino-alcohol motifs (C(OH)–C–C–N with tert-alkyl or cyclic N) is 1. The van der Waals surface area contributed by atoms with Gasteiger partial charge in [-0.1, -0.05) is 0 Å². The second-order valence-electron chi connectivity index (χ2n) is 5.21. The Morgan fingerprint density at radius 3 is 2.91 bits per heavy atom. The lowest BCUT2D eigenvalue weighted by Crippen LogP contribution is -2.26. The maximum Gasteiger partial charge on any atom is 0.147 e. The molecule has 1 aliphatic heterocycles. The van der Waals surface area contributed by atoms with Crippen LogP contribution in [0.4, 0.5) is 14.6 Å². The van der Waals surface area contributed by atoms with Gasteiger partial charge in [0.2, 0.25) is 0 Å².